The highest BCUT2D eigenvalue weighted by Gasteiger charge is 2.04. The smallest absolute Gasteiger partial charge is 0.000102 e. The van der Waals surface area contributed by atoms with Crippen LogP contribution in [-0.4, -0.2) is 25.5 Å². The lowest BCUT2D eigenvalue weighted by atomic mass is 9.99. The van der Waals surface area contributed by atoms with Crippen LogP contribution in [0.25, 0.3) is 0 Å². The molecule has 0 radical (unpaired) electrons. The van der Waals surface area contributed by atoms with Gasteiger partial charge in [0.15, 0.2) is 0 Å². The maximum absolute atomic E-state index is 2.32. The van der Waals surface area contributed by atoms with Gasteiger partial charge in [-0.3, -0.25) is 0 Å². The molecule has 0 aliphatic heterocycles. The SMILES string of the molecule is CC(C)C[C@H](C)CN(C)C. The minimum atomic E-state index is 0.843. The predicted molar refractivity (Wildman–Crippen MR) is 47.2 cm³/mol. The average Bonchev–Trinajstić information content (AvgIpc) is 1.58. The van der Waals surface area contributed by atoms with Crippen molar-refractivity contribution in [2.45, 2.75) is 27.2 Å². The summed E-state index contributed by atoms with van der Waals surface area (Å²) in [6.07, 6.45) is 1.35. The Morgan fingerprint density at radius 2 is 1.60 bits per heavy atom. The van der Waals surface area contributed by atoms with E-state index in [0.717, 1.165) is 11.8 Å². The van der Waals surface area contributed by atoms with E-state index in [-0.39, 0.29) is 0 Å². The van der Waals surface area contributed by atoms with Gasteiger partial charge >= 0.3 is 0 Å². The van der Waals surface area contributed by atoms with Crippen LogP contribution in [0.4, 0.5) is 0 Å². The van der Waals surface area contributed by atoms with Crippen molar-refractivity contribution >= 4 is 0 Å². The summed E-state index contributed by atoms with van der Waals surface area (Å²) in [5.41, 5.74) is 0. The van der Waals surface area contributed by atoms with Crippen LogP contribution in [0.15, 0.2) is 0 Å². The molecule has 62 valence electrons. The first kappa shape index (κ1) is 9.96. The van der Waals surface area contributed by atoms with Crippen LogP contribution in [0.1, 0.15) is 27.2 Å². The molecular weight excluding hydrogens is 122 g/mol. The number of rotatable bonds is 4. The molecule has 1 atom stereocenters. The topological polar surface area (TPSA) is 3.24 Å². The van der Waals surface area contributed by atoms with E-state index in [9.17, 15) is 0 Å². The van der Waals surface area contributed by atoms with E-state index in [0.29, 0.717) is 0 Å². The maximum atomic E-state index is 2.32. The van der Waals surface area contributed by atoms with E-state index in [1.54, 1.807) is 0 Å². The highest BCUT2D eigenvalue weighted by atomic mass is 15.1. The summed E-state index contributed by atoms with van der Waals surface area (Å²) in [7, 11) is 4.27. The van der Waals surface area contributed by atoms with Crippen LogP contribution in [0.5, 0.6) is 0 Å². The van der Waals surface area contributed by atoms with Crippen LogP contribution < -0.4 is 0 Å². The molecule has 0 N–H and O–H groups in total. The van der Waals surface area contributed by atoms with E-state index >= 15 is 0 Å². The molecule has 0 unspecified atom stereocenters. The van der Waals surface area contributed by atoms with Gasteiger partial charge in [0, 0.05) is 6.54 Å². The minimum absolute atomic E-state index is 0.843. The minimum Gasteiger partial charge on any atom is -0.309 e. The van der Waals surface area contributed by atoms with Crippen molar-refractivity contribution in [2.24, 2.45) is 11.8 Å². The Morgan fingerprint density at radius 1 is 1.10 bits per heavy atom. The first-order valence-corrected chi connectivity index (χ1v) is 4.17. The van der Waals surface area contributed by atoms with Gasteiger partial charge in [-0.2, -0.15) is 0 Å². The van der Waals surface area contributed by atoms with E-state index in [1.807, 2.05) is 0 Å². The fourth-order valence-electron chi connectivity index (χ4n) is 1.50. The molecule has 0 bridgehead atoms. The van der Waals surface area contributed by atoms with Gasteiger partial charge in [0.1, 0.15) is 0 Å². The van der Waals surface area contributed by atoms with E-state index in [1.165, 1.54) is 13.0 Å². The molecule has 10 heavy (non-hydrogen) atoms. The fourth-order valence-corrected chi connectivity index (χ4v) is 1.50. The largest absolute Gasteiger partial charge is 0.309 e. The van der Waals surface area contributed by atoms with Gasteiger partial charge in [0.25, 0.3) is 0 Å². The van der Waals surface area contributed by atoms with Crippen molar-refractivity contribution in [2.75, 3.05) is 20.6 Å². The number of hydrogen-bond donors (Lipinski definition) is 0. The molecule has 0 heterocycles. The van der Waals surface area contributed by atoms with Crippen molar-refractivity contribution in [1.29, 1.82) is 0 Å². The zero-order chi connectivity index (χ0) is 8.15. The molecule has 0 fully saturated rings. The summed E-state index contributed by atoms with van der Waals surface area (Å²) in [6, 6.07) is 0. The molecule has 0 saturated carbocycles. The normalized spacial score (nSPS) is 14.7. The molecular formula is C9H21N. The Balaban J connectivity index is 3.34. The van der Waals surface area contributed by atoms with E-state index in [4.69, 9.17) is 0 Å². The summed E-state index contributed by atoms with van der Waals surface area (Å²) >= 11 is 0. The lowest BCUT2D eigenvalue weighted by Gasteiger charge is -2.18. The molecule has 0 rings (SSSR count). The van der Waals surface area contributed by atoms with Crippen LogP contribution in [-0.2, 0) is 0 Å². The summed E-state index contributed by atoms with van der Waals surface area (Å²) in [4.78, 5) is 2.26. The Morgan fingerprint density at radius 3 is 1.90 bits per heavy atom. The predicted octanol–water partition coefficient (Wildman–Crippen LogP) is 2.23. The molecule has 1 nitrogen and oxygen atoms in total. The standard InChI is InChI=1S/C9H21N/c1-8(2)6-9(3)7-10(4)5/h8-9H,6-7H2,1-5H3/t9-/m0/s1. The average molecular weight is 143 g/mol. The zero-order valence-corrected chi connectivity index (χ0v) is 8.02. The summed E-state index contributed by atoms with van der Waals surface area (Å²) in [5, 5.41) is 0. The first-order chi connectivity index (χ1) is 4.52. The molecule has 0 aromatic carbocycles. The zero-order valence-electron chi connectivity index (χ0n) is 8.02. The second-order valence-electron chi connectivity index (χ2n) is 4.00. The number of hydrogen-bond acceptors (Lipinski definition) is 1. The van der Waals surface area contributed by atoms with Gasteiger partial charge in [0.2, 0.25) is 0 Å². The Hall–Kier alpha value is -0.0400. The fraction of sp³-hybridized carbons (Fsp3) is 1.00. The van der Waals surface area contributed by atoms with Gasteiger partial charge in [-0.15, -0.1) is 0 Å². The lowest BCUT2D eigenvalue weighted by molar-refractivity contribution is 0.306. The Kier molecular flexibility index (Phi) is 4.71. The van der Waals surface area contributed by atoms with Crippen molar-refractivity contribution in [3.05, 3.63) is 0 Å². The molecule has 1 heteroatoms. The van der Waals surface area contributed by atoms with Crippen LogP contribution in [0, 0.1) is 11.8 Å². The third-order valence-corrected chi connectivity index (χ3v) is 1.55. The Labute approximate surface area is 65.4 Å². The lowest BCUT2D eigenvalue weighted by Crippen LogP contribution is -2.20. The molecule has 0 aliphatic rings. The van der Waals surface area contributed by atoms with Gasteiger partial charge < -0.3 is 4.90 Å². The van der Waals surface area contributed by atoms with Crippen LogP contribution >= 0.6 is 0 Å². The van der Waals surface area contributed by atoms with Crippen LogP contribution in [0.3, 0.4) is 0 Å². The van der Waals surface area contributed by atoms with Crippen molar-refractivity contribution in [3.8, 4) is 0 Å². The van der Waals surface area contributed by atoms with E-state index in [2.05, 4.69) is 39.8 Å². The molecule has 0 saturated heterocycles. The van der Waals surface area contributed by atoms with Gasteiger partial charge in [-0.25, -0.2) is 0 Å². The first-order valence-electron chi connectivity index (χ1n) is 4.17. The van der Waals surface area contributed by atoms with Crippen molar-refractivity contribution < 1.29 is 0 Å². The molecule has 0 amide bonds. The molecule has 0 aliphatic carbocycles. The quantitative estimate of drug-likeness (QED) is 0.583. The highest BCUT2D eigenvalue weighted by molar-refractivity contribution is 4.58. The summed E-state index contributed by atoms with van der Waals surface area (Å²) in [5.74, 6) is 1.69. The second kappa shape index (κ2) is 4.73. The van der Waals surface area contributed by atoms with Crippen molar-refractivity contribution in [1.82, 2.24) is 4.90 Å². The van der Waals surface area contributed by atoms with Crippen LogP contribution in [0.2, 0.25) is 0 Å². The monoisotopic (exact) mass is 143 g/mol. The highest BCUT2D eigenvalue weighted by Crippen LogP contribution is 2.10. The van der Waals surface area contributed by atoms with Gasteiger partial charge in [-0.1, -0.05) is 20.8 Å². The Bertz CT molecular complexity index is 66.8. The third kappa shape index (κ3) is 6.09. The summed E-state index contributed by atoms with van der Waals surface area (Å²) in [6.45, 7) is 8.11. The molecule has 0 spiro atoms. The molecule has 0 aromatic rings. The maximum Gasteiger partial charge on any atom is 0.000102 e. The van der Waals surface area contributed by atoms with Crippen molar-refractivity contribution in [3.63, 3.8) is 0 Å². The van der Waals surface area contributed by atoms with Gasteiger partial charge in [-0.05, 0) is 32.4 Å². The van der Waals surface area contributed by atoms with E-state index < -0.39 is 0 Å². The second-order valence-corrected chi connectivity index (χ2v) is 4.00. The van der Waals surface area contributed by atoms with Gasteiger partial charge in [0.05, 0.1) is 0 Å². The third-order valence-electron chi connectivity index (χ3n) is 1.55. The summed E-state index contributed by atoms with van der Waals surface area (Å²) < 4.78 is 0. The molecule has 0 aromatic heterocycles. The number of nitrogens with zero attached hydrogens (tertiary/aromatic N) is 1.